The van der Waals surface area contributed by atoms with E-state index in [1.165, 1.54) is 15.3 Å². The molecule has 1 aliphatic rings. The molecule has 9 heteroatoms. The van der Waals surface area contributed by atoms with E-state index in [0.717, 1.165) is 6.07 Å². The minimum absolute atomic E-state index is 0.0131. The van der Waals surface area contributed by atoms with Gasteiger partial charge in [0, 0.05) is 26.2 Å². The first-order valence-electron chi connectivity index (χ1n) is 8.23. The molecule has 1 aliphatic heterocycles. The lowest BCUT2D eigenvalue weighted by Gasteiger charge is -2.34. The van der Waals surface area contributed by atoms with Gasteiger partial charge in [-0.3, -0.25) is 4.79 Å². The number of carbonyl (C=O) groups is 1. The monoisotopic (exact) mass is 430 g/mol. The van der Waals surface area contributed by atoms with Crippen LogP contribution < -0.4 is 0 Å². The summed E-state index contributed by atoms with van der Waals surface area (Å²) < 4.78 is 40.2. The van der Waals surface area contributed by atoms with E-state index in [9.17, 15) is 17.6 Å². The Kier molecular flexibility index (Phi) is 6.05. The van der Waals surface area contributed by atoms with Crippen LogP contribution in [0, 0.1) is 5.82 Å². The van der Waals surface area contributed by atoms with E-state index in [1.54, 1.807) is 24.3 Å². The van der Waals surface area contributed by atoms with Crippen LogP contribution >= 0.6 is 23.2 Å². The van der Waals surface area contributed by atoms with Crippen LogP contribution in [0.2, 0.25) is 10.0 Å². The smallest absolute Gasteiger partial charge is 0.255 e. The number of amides is 1. The number of benzene rings is 2. The van der Waals surface area contributed by atoms with Gasteiger partial charge in [0.1, 0.15) is 5.82 Å². The van der Waals surface area contributed by atoms with Gasteiger partial charge in [0.15, 0.2) is 0 Å². The Morgan fingerprint density at radius 3 is 2.26 bits per heavy atom. The number of sulfonamides is 1. The fraction of sp³-hybridized carbons (Fsp3) is 0.278. The predicted octanol–water partition coefficient (Wildman–Crippen LogP) is 3.42. The SMILES string of the molecule is O=C(c1cc(F)c(Cl)cc1Cl)N1CCN(S(=O)(=O)Cc2ccccc2)CC1. The third-order valence-electron chi connectivity index (χ3n) is 4.35. The van der Waals surface area contributed by atoms with Gasteiger partial charge < -0.3 is 4.90 Å². The van der Waals surface area contributed by atoms with Crippen molar-refractivity contribution in [2.75, 3.05) is 26.2 Å². The van der Waals surface area contributed by atoms with Crippen molar-refractivity contribution < 1.29 is 17.6 Å². The molecule has 5 nitrogen and oxygen atoms in total. The second-order valence-electron chi connectivity index (χ2n) is 6.18. The molecule has 0 bridgehead atoms. The molecule has 0 atom stereocenters. The van der Waals surface area contributed by atoms with Gasteiger partial charge in [-0.15, -0.1) is 0 Å². The first kappa shape index (κ1) is 20.1. The van der Waals surface area contributed by atoms with Crippen molar-refractivity contribution >= 4 is 39.1 Å². The van der Waals surface area contributed by atoms with Crippen molar-refractivity contribution in [1.29, 1.82) is 0 Å². The summed E-state index contributed by atoms with van der Waals surface area (Å²) in [6.07, 6.45) is 0. The van der Waals surface area contributed by atoms with Gasteiger partial charge in [0.05, 0.1) is 21.4 Å². The molecule has 27 heavy (non-hydrogen) atoms. The maximum Gasteiger partial charge on any atom is 0.255 e. The Labute approximate surface area is 167 Å². The lowest BCUT2D eigenvalue weighted by molar-refractivity contribution is 0.0697. The summed E-state index contributed by atoms with van der Waals surface area (Å²) in [5.41, 5.74) is 0.721. The number of halogens is 3. The average Bonchev–Trinajstić information content (AvgIpc) is 2.65. The summed E-state index contributed by atoms with van der Waals surface area (Å²) in [5.74, 6) is -1.26. The molecule has 144 valence electrons. The Bertz CT molecular complexity index is 947. The summed E-state index contributed by atoms with van der Waals surface area (Å²) in [4.78, 5) is 14.1. The zero-order valence-electron chi connectivity index (χ0n) is 14.2. The molecule has 0 aliphatic carbocycles. The van der Waals surface area contributed by atoms with Crippen molar-refractivity contribution in [3.63, 3.8) is 0 Å². The third kappa shape index (κ3) is 4.60. The minimum Gasteiger partial charge on any atom is -0.336 e. The molecule has 0 saturated carbocycles. The number of hydrogen-bond acceptors (Lipinski definition) is 3. The van der Waals surface area contributed by atoms with Crippen LogP contribution in [0.1, 0.15) is 15.9 Å². The molecule has 2 aromatic carbocycles. The highest BCUT2D eigenvalue weighted by Crippen LogP contribution is 2.26. The summed E-state index contributed by atoms with van der Waals surface area (Å²) in [7, 11) is -3.48. The average molecular weight is 431 g/mol. The molecule has 1 fully saturated rings. The minimum atomic E-state index is -3.48. The van der Waals surface area contributed by atoms with E-state index < -0.39 is 21.7 Å². The lowest BCUT2D eigenvalue weighted by atomic mass is 10.1. The maximum atomic E-state index is 13.7. The van der Waals surface area contributed by atoms with Crippen LogP contribution in [0.5, 0.6) is 0 Å². The first-order chi connectivity index (χ1) is 12.8. The molecule has 3 rings (SSSR count). The predicted molar refractivity (Wildman–Crippen MR) is 103 cm³/mol. The van der Waals surface area contributed by atoms with Crippen molar-refractivity contribution in [3.05, 3.63) is 69.5 Å². The molecule has 1 amide bonds. The largest absolute Gasteiger partial charge is 0.336 e. The number of nitrogens with zero attached hydrogens (tertiary/aromatic N) is 2. The maximum absolute atomic E-state index is 13.7. The van der Waals surface area contributed by atoms with Gasteiger partial charge in [0.2, 0.25) is 10.0 Å². The molecule has 0 unspecified atom stereocenters. The Hall–Kier alpha value is -1.67. The molecule has 0 radical (unpaired) electrons. The van der Waals surface area contributed by atoms with Crippen LogP contribution in [-0.2, 0) is 15.8 Å². The Morgan fingerprint density at radius 1 is 1.00 bits per heavy atom. The Morgan fingerprint density at radius 2 is 1.63 bits per heavy atom. The van der Waals surface area contributed by atoms with E-state index in [1.807, 2.05) is 6.07 Å². The Balaban J connectivity index is 1.66. The molecule has 2 aromatic rings. The molecule has 0 spiro atoms. The quantitative estimate of drug-likeness (QED) is 0.698. The highest BCUT2D eigenvalue weighted by molar-refractivity contribution is 7.88. The van der Waals surface area contributed by atoms with E-state index in [2.05, 4.69) is 0 Å². The molecular weight excluding hydrogens is 414 g/mol. The number of carbonyl (C=O) groups excluding carboxylic acids is 1. The van der Waals surface area contributed by atoms with E-state index in [4.69, 9.17) is 23.2 Å². The standard InChI is InChI=1S/C18H17Cl2FN2O3S/c19-15-11-16(20)17(21)10-14(15)18(24)22-6-8-23(9-7-22)27(25,26)12-13-4-2-1-3-5-13/h1-5,10-11H,6-9,12H2. The zero-order chi connectivity index (χ0) is 19.6. The topological polar surface area (TPSA) is 57.7 Å². The van der Waals surface area contributed by atoms with E-state index in [0.29, 0.717) is 5.56 Å². The third-order valence-corrected chi connectivity index (χ3v) is 6.80. The van der Waals surface area contributed by atoms with Gasteiger partial charge in [-0.2, -0.15) is 4.31 Å². The summed E-state index contributed by atoms with van der Waals surface area (Å²) >= 11 is 11.7. The molecule has 1 saturated heterocycles. The highest BCUT2D eigenvalue weighted by atomic mass is 35.5. The fourth-order valence-electron chi connectivity index (χ4n) is 2.90. The molecule has 1 heterocycles. The second kappa shape index (κ2) is 8.14. The second-order valence-corrected chi connectivity index (χ2v) is 8.96. The fourth-order valence-corrected chi connectivity index (χ4v) is 4.88. The van der Waals surface area contributed by atoms with E-state index in [-0.39, 0.29) is 47.5 Å². The van der Waals surface area contributed by atoms with Crippen LogP contribution in [0.4, 0.5) is 4.39 Å². The molecule has 0 N–H and O–H groups in total. The van der Waals surface area contributed by atoms with Crippen molar-refractivity contribution in [1.82, 2.24) is 9.21 Å². The van der Waals surface area contributed by atoms with Crippen LogP contribution in [0.3, 0.4) is 0 Å². The van der Waals surface area contributed by atoms with Gasteiger partial charge in [-0.05, 0) is 17.7 Å². The summed E-state index contributed by atoms with van der Waals surface area (Å²) in [5, 5.41) is -0.0982. The highest BCUT2D eigenvalue weighted by Gasteiger charge is 2.30. The van der Waals surface area contributed by atoms with Gasteiger partial charge in [-0.25, -0.2) is 12.8 Å². The summed E-state index contributed by atoms with van der Waals surface area (Å²) in [6, 6.07) is 11.1. The molecular formula is C18H17Cl2FN2O3S. The van der Waals surface area contributed by atoms with Gasteiger partial charge in [0.25, 0.3) is 5.91 Å². The van der Waals surface area contributed by atoms with E-state index >= 15 is 0 Å². The van der Waals surface area contributed by atoms with Crippen molar-refractivity contribution in [3.8, 4) is 0 Å². The lowest BCUT2D eigenvalue weighted by Crippen LogP contribution is -2.50. The van der Waals surface area contributed by atoms with Crippen molar-refractivity contribution in [2.45, 2.75) is 5.75 Å². The van der Waals surface area contributed by atoms with Crippen LogP contribution in [-0.4, -0.2) is 49.7 Å². The molecule has 0 aromatic heterocycles. The zero-order valence-corrected chi connectivity index (χ0v) is 16.6. The number of rotatable bonds is 4. The van der Waals surface area contributed by atoms with Crippen LogP contribution in [0.15, 0.2) is 42.5 Å². The summed E-state index contributed by atoms with van der Waals surface area (Å²) in [6.45, 7) is 0.754. The normalized spacial score (nSPS) is 15.7. The van der Waals surface area contributed by atoms with Gasteiger partial charge in [-0.1, -0.05) is 53.5 Å². The first-order valence-corrected chi connectivity index (χ1v) is 10.6. The van der Waals surface area contributed by atoms with Gasteiger partial charge >= 0.3 is 0 Å². The van der Waals surface area contributed by atoms with Crippen LogP contribution in [0.25, 0.3) is 0 Å². The van der Waals surface area contributed by atoms with Crippen molar-refractivity contribution in [2.24, 2.45) is 0 Å². The number of hydrogen-bond donors (Lipinski definition) is 0. The number of piperazine rings is 1.